The molecule has 7 nitrogen and oxygen atoms in total. The van der Waals surface area contributed by atoms with Gasteiger partial charge >= 0.3 is 5.97 Å². The molecule has 8 heteroatoms. The van der Waals surface area contributed by atoms with Crippen LogP contribution >= 0.6 is 0 Å². The number of sulfonamides is 1. The highest BCUT2D eigenvalue weighted by molar-refractivity contribution is 7.92. The van der Waals surface area contributed by atoms with Crippen LogP contribution in [0.4, 0.5) is 5.69 Å². The maximum Gasteiger partial charge on any atom is 0.305 e. The quantitative estimate of drug-likeness (QED) is 0.420. The molecule has 1 unspecified atom stereocenters. The molecule has 0 aliphatic carbocycles. The van der Waals surface area contributed by atoms with Gasteiger partial charge in [0.05, 0.1) is 25.5 Å². The van der Waals surface area contributed by atoms with Gasteiger partial charge in [-0.1, -0.05) is 18.6 Å². The number of hydrogen-bond acceptors (Lipinski definition) is 6. The Hall–Kier alpha value is -2.74. The third-order valence-electron chi connectivity index (χ3n) is 5.10. The van der Waals surface area contributed by atoms with E-state index in [0.29, 0.717) is 24.5 Å². The fourth-order valence-electron chi connectivity index (χ4n) is 3.82. The summed E-state index contributed by atoms with van der Waals surface area (Å²) in [4.78, 5) is 11.5. The lowest BCUT2D eigenvalue weighted by Gasteiger charge is -2.30. The summed E-state index contributed by atoms with van der Waals surface area (Å²) in [7, 11) is -1.78. The van der Waals surface area contributed by atoms with E-state index in [2.05, 4.69) is 4.72 Å². The molecule has 2 aromatic carbocycles. The Morgan fingerprint density at radius 1 is 1.16 bits per heavy atom. The van der Waals surface area contributed by atoms with E-state index in [0.717, 1.165) is 54.4 Å². The predicted molar refractivity (Wildman–Crippen MR) is 120 cm³/mol. The van der Waals surface area contributed by atoms with Crippen LogP contribution in [0.2, 0.25) is 0 Å². The monoisotopic (exact) mass is 447 g/mol. The minimum Gasteiger partial charge on any atom is -0.496 e. The van der Waals surface area contributed by atoms with Gasteiger partial charge in [0, 0.05) is 17.7 Å². The Labute approximate surface area is 183 Å². The van der Waals surface area contributed by atoms with E-state index >= 15 is 0 Å². The molecular formula is C23H29NO6S. The number of anilines is 1. The molecule has 0 bridgehead atoms. The number of methoxy groups -OCH3 is 1. The molecule has 0 amide bonds. The van der Waals surface area contributed by atoms with Gasteiger partial charge in [-0.05, 0) is 56.0 Å². The van der Waals surface area contributed by atoms with Gasteiger partial charge in [0.2, 0.25) is 10.0 Å². The number of benzene rings is 2. The summed E-state index contributed by atoms with van der Waals surface area (Å²) in [6, 6.07) is 11.2. The van der Waals surface area contributed by atoms with Crippen molar-refractivity contribution in [2.24, 2.45) is 0 Å². The summed E-state index contributed by atoms with van der Waals surface area (Å²) in [5.41, 5.74) is 3.24. The topological polar surface area (TPSA) is 90.9 Å². The highest BCUT2D eigenvalue weighted by Gasteiger charge is 2.28. The first-order chi connectivity index (χ1) is 14.8. The molecule has 1 atom stereocenters. The normalized spacial score (nSPS) is 14.7. The average molecular weight is 448 g/mol. The predicted octanol–water partition coefficient (Wildman–Crippen LogP) is 4.68. The molecule has 1 N–H and O–H groups in total. The molecule has 0 saturated heterocycles. The van der Waals surface area contributed by atoms with Crippen molar-refractivity contribution in [2.45, 2.75) is 45.1 Å². The smallest absolute Gasteiger partial charge is 0.305 e. The lowest BCUT2D eigenvalue weighted by Crippen LogP contribution is -2.16. The van der Waals surface area contributed by atoms with Gasteiger partial charge in [0.15, 0.2) is 0 Å². The third kappa shape index (κ3) is 5.91. The molecule has 3 rings (SSSR count). The lowest BCUT2D eigenvalue weighted by molar-refractivity contribution is -0.143. The Kier molecular flexibility index (Phi) is 7.43. The first kappa shape index (κ1) is 22.9. The molecule has 1 heterocycles. The number of nitrogens with one attached hydrogen (secondary N) is 1. The summed E-state index contributed by atoms with van der Waals surface area (Å²) in [6.45, 7) is 2.20. The summed E-state index contributed by atoms with van der Waals surface area (Å²) in [5, 5.41) is 0. The van der Waals surface area contributed by atoms with E-state index in [-0.39, 0.29) is 12.1 Å². The van der Waals surface area contributed by atoms with E-state index in [9.17, 15) is 13.2 Å². The zero-order valence-electron chi connectivity index (χ0n) is 18.1. The highest BCUT2D eigenvalue weighted by atomic mass is 32.2. The number of rotatable bonds is 10. The van der Waals surface area contributed by atoms with Crippen LogP contribution in [0, 0.1) is 0 Å². The van der Waals surface area contributed by atoms with Crippen LogP contribution in [0.25, 0.3) is 11.1 Å². The van der Waals surface area contributed by atoms with Crippen molar-refractivity contribution in [3.8, 4) is 22.6 Å². The van der Waals surface area contributed by atoms with Crippen molar-refractivity contribution < 1.29 is 27.4 Å². The number of fused-ring (bicyclic) bond motifs is 3. The number of esters is 1. The second kappa shape index (κ2) is 10.0. The van der Waals surface area contributed by atoms with Gasteiger partial charge in [-0.15, -0.1) is 0 Å². The van der Waals surface area contributed by atoms with E-state index in [4.69, 9.17) is 14.2 Å². The number of ether oxygens (including phenoxy) is 3. The number of unbranched alkanes of at least 4 members (excludes halogenated alkanes) is 2. The van der Waals surface area contributed by atoms with E-state index in [1.807, 2.05) is 30.3 Å². The summed E-state index contributed by atoms with van der Waals surface area (Å²) >= 11 is 0. The van der Waals surface area contributed by atoms with Crippen molar-refractivity contribution >= 4 is 21.7 Å². The molecule has 168 valence electrons. The molecular weight excluding hydrogens is 418 g/mol. The summed E-state index contributed by atoms with van der Waals surface area (Å²) in [6.07, 6.45) is 4.57. The largest absolute Gasteiger partial charge is 0.496 e. The van der Waals surface area contributed by atoms with E-state index in [1.165, 1.54) is 0 Å². The van der Waals surface area contributed by atoms with Crippen LogP contribution in [0.15, 0.2) is 36.4 Å². The zero-order chi connectivity index (χ0) is 22.4. The maximum absolute atomic E-state index is 11.7. The van der Waals surface area contributed by atoms with Crippen LogP contribution in [0.1, 0.15) is 50.7 Å². The molecule has 2 aromatic rings. The fraction of sp³-hybridized carbons (Fsp3) is 0.435. The Balaban J connectivity index is 1.81. The van der Waals surface area contributed by atoms with E-state index < -0.39 is 10.0 Å². The Bertz CT molecular complexity index is 1030. The molecule has 0 fully saturated rings. The van der Waals surface area contributed by atoms with Gasteiger partial charge in [0.1, 0.15) is 17.6 Å². The lowest BCUT2D eigenvalue weighted by atomic mass is 9.89. The minimum absolute atomic E-state index is 0.167. The number of carbonyl (C=O) groups is 1. The van der Waals surface area contributed by atoms with Gasteiger partial charge in [-0.25, -0.2) is 8.42 Å². The Morgan fingerprint density at radius 3 is 2.68 bits per heavy atom. The summed E-state index contributed by atoms with van der Waals surface area (Å²) in [5.74, 6) is 1.28. The first-order valence-corrected chi connectivity index (χ1v) is 12.3. The Morgan fingerprint density at radius 2 is 1.97 bits per heavy atom. The standard InChI is InChI=1S/C23H29NO6S/c1-4-29-22(25)12-7-5-6-9-19-18-15-16(24-31(3,26)27)13-14-17(18)23-20(28-2)10-8-11-21(23)30-19/h8,10-11,13-15,19,24H,4-7,9,12H2,1-3H3. The molecule has 0 aromatic heterocycles. The molecule has 1 aliphatic heterocycles. The van der Waals surface area contributed by atoms with Crippen LogP contribution < -0.4 is 14.2 Å². The van der Waals surface area contributed by atoms with Crippen molar-refractivity contribution in [3.63, 3.8) is 0 Å². The van der Waals surface area contributed by atoms with Crippen LogP contribution in [-0.2, 0) is 19.6 Å². The van der Waals surface area contributed by atoms with Gasteiger partial charge < -0.3 is 14.2 Å². The van der Waals surface area contributed by atoms with Crippen molar-refractivity contribution in [3.05, 3.63) is 42.0 Å². The highest BCUT2D eigenvalue weighted by Crippen LogP contribution is 2.48. The fourth-order valence-corrected chi connectivity index (χ4v) is 4.37. The van der Waals surface area contributed by atoms with Crippen molar-refractivity contribution in [1.29, 1.82) is 0 Å². The van der Waals surface area contributed by atoms with Crippen LogP contribution in [0.3, 0.4) is 0 Å². The molecule has 1 aliphatic rings. The van der Waals surface area contributed by atoms with Gasteiger partial charge in [0.25, 0.3) is 0 Å². The van der Waals surface area contributed by atoms with E-state index in [1.54, 1.807) is 20.1 Å². The number of hydrogen-bond donors (Lipinski definition) is 1. The van der Waals surface area contributed by atoms with Crippen molar-refractivity contribution in [2.75, 3.05) is 24.7 Å². The van der Waals surface area contributed by atoms with Gasteiger partial charge in [-0.3, -0.25) is 9.52 Å². The number of carbonyl (C=O) groups excluding carboxylic acids is 1. The minimum atomic E-state index is -3.39. The second-order valence-corrected chi connectivity index (χ2v) is 9.27. The third-order valence-corrected chi connectivity index (χ3v) is 5.71. The molecule has 31 heavy (non-hydrogen) atoms. The zero-order valence-corrected chi connectivity index (χ0v) is 19.0. The first-order valence-electron chi connectivity index (χ1n) is 10.4. The summed E-state index contributed by atoms with van der Waals surface area (Å²) < 4.78 is 42.7. The molecule has 0 spiro atoms. The van der Waals surface area contributed by atoms with Crippen molar-refractivity contribution in [1.82, 2.24) is 0 Å². The molecule has 0 saturated carbocycles. The van der Waals surface area contributed by atoms with Crippen LogP contribution in [-0.4, -0.2) is 34.4 Å². The average Bonchev–Trinajstić information content (AvgIpc) is 2.72. The van der Waals surface area contributed by atoms with Crippen LogP contribution in [0.5, 0.6) is 11.5 Å². The van der Waals surface area contributed by atoms with Gasteiger partial charge in [-0.2, -0.15) is 0 Å². The maximum atomic E-state index is 11.7. The SMILES string of the molecule is CCOC(=O)CCCCCC1Oc2cccc(OC)c2-c2ccc(NS(C)(=O)=O)cc21. The molecule has 0 radical (unpaired) electrons. The second-order valence-electron chi connectivity index (χ2n) is 7.52.